The van der Waals surface area contributed by atoms with Crippen molar-refractivity contribution in [3.63, 3.8) is 0 Å². The van der Waals surface area contributed by atoms with Crippen molar-refractivity contribution in [3.8, 4) is 0 Å². The number of aryl methyl sites for hydroxylation is 1. The lowest BCUT2D eigenvalue weighted by Crippen LogP contribution is -1.88. The summed E-state index contributed by atoms with van der Waals surface area (Å²) >= 11 is 11.6. The van der Waals surface area contributed by atoms with Gasteiger partial charge in [-0.2, -0.15) is 0 Å². The van der Waals surface area contributed by atoms with Gasteiger partial charge in [0.2, 0.25) is 0 Å². The summed E-state index contributed by atoms with van der Waals surface area (Å²) in [5, 5.41) is 1.14. The van der Waals surface area contributed by atoms with E-state index in [4.69, 9.17) is 23.2 Å². The Bertz CT molecular complexity index is 297. The van der Waals surface area contributed by atoms with E-state index in [1.807, 2.05) is 6.08 Å². The SMILES string of the molecule is C=CCCCc1cnc(Cl)cc1Cl. The van der Waals surface area contributed by atoms with Crippen molar-refractivity contribution < 1.29 is 0 Å². The quantitative estimate of drug-likeness (QED) is 0.422. The smallest absolute Gasteiger partial charge is 0.130 e. The number of allylic oxidation sites excluding steroid dienone is 1. The largest absolute Gasteiger partial charge is 0.244 e. The highest BCUT2D eigenvalue weighted by molar-refractivity contribution is 6.34. The van der Waals surface area contributed by atoms with Crippen LogP contribution in [0.1, 0.15) is 18.4 Å². The Hall–Kier alpha value is -0.530. The van der Waals surface area contributed by atoms with Gasteiger partial charge in [0.25, 0.3) is 0 Å². The maximum Gasteiger partial charge on any atom is 0.130 e. The zero-order chi connectivity index (χ0) is 9.68. The molecule has 0 radical (unpaired) electrons. The van der Waals surface area contributed by atoms with E-state index < -0.39 is 0 Å². The number of hydrogen-bond acceptors (Lipinski definition) is 1. The molecule has 0 unspecified atom stereocenters. The Morgan fingerprint density at radius 2 is 2.23 bits per heavy atom. The summed E-state index contributed by atoms with van der Waals surface area (Å²) in [6.45, 7) is 3.66. The van der Waals surface area contributed by atoms with E-state index >= 15 is 0 Å². The van der Waals surface area contributed by atoms with Crippen molar-refractivity contribution >= 4 is 23.2 Å². The minimum Gasteiger partial charge on any atom is -0.244 e. The van der Waals surface area contributed by atoms with E-state index in [2.05, 4.69) is 11.6 Å². The van der Waals surface area contributed by atoms with Gasteiger partial charge in [-0.15, -0.1) is 6.58 Å². The Labute approximate surface area is 88.4 Å². The second-order valence-electron chi connectivity index (χ2n) is 2.78. The topological polar surface area (TPSA) is 12.9 Å². The zero-order valence-corrected chi connectivity index (χ0v) is 8.78. The minimum atomic E-state index is 0.442. The van der Waals surface area contributed by atoms with Crippen LogP contribution in [0.15, 0.2) is 24.9 Å². The predicted octanol–water partition coefficient (Wildman–Crippen LogP) is 3.90. The molecule has 0 spiro atoms. The molecule has 0 aromatic carbocycles. The molecule has 0 amide bonds. The Kier molecular flexibility index (Phi) is 4.26. The summed E-state index contributed by atoms with van der Waals surface area (Å²) in [5.41, 5.74) is 1.05. The molecule has 0 atom stereocenters. The van der Waals surface area contributed by atoms with Crippen LogP contribution in [0.4, 0.5) is 0 Å². The lowest BCUT2D eigenvalue weighted by Gasteiger charge is -2.02. The van der Waals surface area contributed by atoms with E-state index in [-0.39, 0.29) is 0 Å². The van der Waals surface area contributed by atoms with Crippen LogP contribution in [-0.2, 0) is 6.42 Å². The maximum absolute atomic E-state index is 5.96. The van der Waals surface area contributed by atoms with Crippen LogP contribution in [0.2, 0.25) is 10.2 Å². The van der Waals surface area contributed by atoms with E-state index in [1.165, 1.54) is 0 Å². The van der Waals surface area contributed by atoms with Gasteiger partial charge in [-0.1, -0.05) is 29.3 Å². The molecule has 0 aliphatic rings. The first-order valence-corrected chi connectivity index (χ1v) is 4.90. The molecule has 1 aromatic rings. The van der Waals surface area contributed by atoms with Crippen LogP contribution >= 0.6 is 23.2 Å². The molecular weight excluding hydrogens is 205 g/mol. The maximum atomic E-state index is 5.96. The van der Waals surface area contributed by atoms with Gasteiger partial charge in [-0.05, 0) is 30.9 Å². The number of nitrogens with zero attached hydrogens (tertiary/aromatic N) is 1. The van der Waals surface area contributed by atoms with E-state index in [0.717, 1.165) is 24.8 Å². The first-order chi connectivity index (χ1) is 6.24. The van der Waals surface area contributed by atoms with Gasteiger partial charge in [-0.3, -0.25) is 0 Å². The van der Waals surface area contributed by atoms with Gasteiger partial charge in [-0.25, -0.2) is 4.98 Å². The number of halogens is 2. The Morgan fingerprint density at radius 3 is 2.85 bits per heavy atom. The molecule has 0 fully saturated rings. The third kappa shape index (κ3) is 3.37. The summed E-state index contributed by atoms with van der Waals surface area (Å²) in [6.07, 6.45) is 6.60. The lowest BCUT2D eigenvalue weighted by molar-refractivity contribution is 0.840. The van der Waals surface area contributed by atoms with Gasteiger partial charge in [0.1, 0.15) is 5.15 Å². The molecule has 1 rings (SSSR count). The average molecular weight is 216 g/mol. The van der Waals surface area contributed by atoms with Crippen molar-refractivity contribution in [2.24, 2.45) is 0 Å². The van der Waals surface area contributed by atoms with Gasteiger partial charge < -0.3 is 0 Å². The highest BCUT2D eigenvalue weighted by Gasteiger charge is 2.00. The third-order valence-electron chi connectivity index (χ3n) is 1.75. The van der Waals surface area contributed by atoms with Crippen molar-refractivity contribution in [2.45, 2.75) is 19.3 Å². The third-order valence-corrected chi connectivity index (χ3v) is 2.31. The highest BCUT2D eigenvalue weighted by Crippen LogP contribution is 2.20. The van der Waals surface area contributed by atoms with Gasteiger partial charge in [0, 0.05) is 11.2 Å². The fourth-order valence-electron chi connectivity index (χ4n) is 1.06. The molecule has 1 heterocycles. The highest BCUT2D eigenvalue weighted by atomic mass is 35.5. The van der Waals surface area contributed by atoms with Crippen LogP contribution in [0, 0.1) is 0 Å². The van der Waals surface area contributed by atoms with Gasteiger partial charge in [0.15, 0.2) is 0 Å². The Balaban J connectivity index is 2.61. The second-order valence-corrected chi connectivity index (χ2v) is 3.57. The Morgan fingerprint density at radius 1 is 1.46 bits per heavy atom. The molecule has 0 N–H and O–H groups in total. The summed E-state index contributed by atoms with van der Waals surface area (Å²) in [5.74, 6) is 0. The van der Waals surface area contributed by atoms with Crippen LogP contribution in [0.25, 0.3) is 0 Å². The number of pyridine rings is 1. The van der Waals surface area contributed by atoms with Gasteiger partial charge >= 0.3 is 0 Å². The first-order valence-electron chi connectivity index (χ1n) is 4.15. The van der Waals surface area contributed by atoms with E-state index in [0.29, 0.717) is 10.2 Å². The van der Waals surface area contributed by atoms with Gasteiger partial charge in [0.05, 0.1) is 0 Å². The molecule has 0 bridgehead atoms. The number of unbranched alkanes of at least 4 members (excludes halogenated alkanes) is 1. The average Bonchev–Trinajstić information content (AvgIpc) is 2.09. The van der Waals surface area contributed by atoms with Crippen molar-refractivity contribution in [2.75, 3.05) is 0 Å². The number of hydrogen-bond donors (Lipinski definition) is 0. The summed E-state index contributed by atoms with van der Waals surface area (Å²) < 4.78 is 0. The molecule has 3 heteroatoms. The van der Waals surface area contributed by atoms with E-state index in [1.54, 1.807) is 12.3 Å². The van der Waals surface area contributed by atoms with Crippen LogP contribution in [0.3, 0.4) is 0 Å². The normalized spacial score (nSPS) is 10.0. The molecule has 0 saturated heterocycles. The first kappa shape index (κ1) is 10.6. The molecule has 1 aromatic heterocycles. The van der Waals surface area contributed by atoms with Crippen molar-refractivity contribution in [1.29, 1.82) is 0 Å². The number of rotatable bonds is 4. The van der Waals surface area contributed by atoms with Crippen molar-refractivity contribution in [3.05, 3.63) is 40.7 Å². The summed E-state index contributed by atoms with van der Waals surface area (Å²) in [6, 6.07) is 1.67. The fourth-order valence-corrected chi connectivity index (χ4v) is 1.52. The minimum absolute atomic E-state index is 0.442. The molecule has 70 valence electrons. The summed E-state index contributed by atoms with van der Waals surface area (Å²) in [7, 11) is 0. The molecule has 13 heavy (non-hydrogen) atoms. The van der Waals surface area contributed by atoms with E-state index in [9.17, 15) is 0 Å². The monoisotopic (exact) mass is 215 g/mol. The second kappa shape index (κ2) is 5.25. The molecular formula is C10H11Cl2N. The molecule has 0 aliphatic heterocycles. The van der Waals surface area contributed by atoms with Crippen LogP contribution < -0.4 is 0 Å². The van der Waals surface area contributed by atoms with Crippen LogP contribution in [-0.4, -0.2) is 4.98 Å². The summed E-state index contributed by atoms with van der Waals surface area (Å²) in [4.78, 5) is 3.97. The molecule has 0 aliphatic carbocycles. The lowest BCUT2D eigenvalue weighted by atomic mass is 10.1. The standard InChI is InChI=1S/C10H11Cl2N/c1-2-3-4-5-8-7-13-10(12)6-9(8)11/h2,6-7H,1,3-5H2. The predicted molar refractivity (Wildman–Crippen MR) is 57.4 cm³/mol. The zero-order valence-electron chi connectivity index (χ0n) is 7.26. The van der Waals surface area contributed by atoms with Crippen molar-refractivity contribution in [1.82, 2.24) is 4.98 Å². The molecule has 0 saturated carbocycles. The molecule has 1 nitrogen and oxygen atoms in total. The number of aromatic nitrogens is 1. The fraction of sp³-hybridized carbons (Fsp3) is 0.300. The van der Waals surface area contributed by atoms with Crippen LogP contribution in [0.5, 0.6) is 0 Å².